The first kappa shape index (κ1) is 13.7. The van der Waals surface area contributed by atoms with Gasteiger partial charge in [-0.3, -0.25) is 9.78 Å². The SMILES string of the molecule is CN(CCC(F)(F)F)C(=O)c1cncc(Cl)n1. The molecule has 0 aromatic carbocycles. The molecule has 1 heterocycles. The molecular weight excluding hydrogens is 259 g/mol. The van der Waals surface area contributed by atoms with E-state index in [0.717, 1.165) is 11.1 Å². The van der Waals surface area contributed by atoms with Crippen molar-refractivity contribution in [1.82, 2.24) is 14.9 Å². The van der Waals surface area contributed by atoms with Gasteiger partial charge in [-0.25, -0.2) is 4.98 Å². The number of hydrogen-bond acceptors (Lipinski definition) is 3. The van der Waals surface area contributed by atoms with Gasteiger partial charge >= 0.3 is 6.18 Å². The molecule has 0 saturated heterocycles. The molecule has 1 aromatic heterocycles. The Kier molecular flexibility index (Phi) is 4.28. The van der Waals surface area contributed by atoms with Crippen LogP contribution in [0.4, 0.5) is 13.2 Å². The topological polar surface area (TPSA) is 46.1 Å². The molecule has 0 atom stereocenters. The zero-order valence-corrected chi connectivity index (χ0v) is 9.59. The second kappa shape index (κ2) is 5.31. The molecule has 1 aromatic rings. The fourth-order valence-electron chi connectivity index (χ4n) is 1.04. The van der Waals surface area contributed by atoms with Gasteiger partial charge in [0.1, 0.15) is 10.8 Å². The Morgan fingerprint density at radius 1 is 1.47 bits per heavy atom. The zero-order valence-electron chi connectivity index (χ0n) is 8.83. The monoisotopic (exact) mass is 267 g/mol. The van der Waals surface area contributed by atoms with Crippen molar-refractivity contribution in [2.75, 3.05) is 13.6 Å². The normalized spacial score (nSPS) is 11.4. The largest absolute Gasteiger partial charge is 0.390 e. The highest BCUT2D eigenvalue weighted by molar-refractivity contribution is 6.29. The Bertz CT molecular complexity index is 411. The van der Waals surface area contributed by atoms with Gasteiger partial charge < -0.3 is 4.90 Å². The molecule has 0 fully saturated rings. The van der Waals surface area contributed by atoms with E-state index in [1.807, 2.05) is 0 Å². The van der Waals surface area contributed by atoms with Crippen molar-refractivity contribution in [1.29, 1.82) is 0 Å². The maximum absolute atomic E-state index is 12.0. The quantitative estimate of drug-likeness (QED) is 0.843. The van der Waals surface area contributed by atoms with E-state index >= 15 is 0 Å². The molecule has 0 spiro atoms. The summed E-state index contributed by atoms with van der Waals surface area (Å²) in [6.45, 7) is -0.434. The third-order valence-electron chi connectivity index (χ3n) is 1.90. The van der Waals surface area contributed by atoms with Gasteiger partial charge in [-0.15, -0.1) is 0 Å². The fraction of sp³-hybridized carbons (Fsp3) is 0.444. The smallest absolute Gasteiger partial charge is 0.340 e. The van der Waals surface area contributed by atoms with E-state index in [-0.39, 0.29) is 10.8 Å². The summed E-state index contributed by atoms with van der Waals surface area (Å²) in [4.78, 5) is 19.8. The average Bonchev–Trinajstić information content (AvgIpc) is 2.24. The second-order valence-electron chi connectivity index (χ2n) is 3.32. The molecule has 0 unspecified atom stereocenters. The molecule has 0 aliphatic rings. The maximum Gasteiger partial charge on any atom is 0.390 e. The van der Waals surface area contributed by atoms with Crippen LogP contribution in [-0.2, 0) is 0 Å². The van der Waals surface area contributed by atoms with E-state index in [4.69, 9.17) is 11.6 Å². The first-order valence-corrected chi connectivity index (χ1v) is 4.97. The molecule has 4 nitrogen and oxygen atoms in total. The van der Waals surface area contributed by atoms with E-state index in [2.05, 4.69) is 9.97 Å². The fourth-order valence-corrected chi connectivity index (χ4v) is 1.18. The number of carbonyl (C=O) groups excluding carboxylic acids is 1. The Labute approximate surface area is 100 Å². The minimum Gasteiger partial charge on any atom is -0.340 e. The molecule has 0 radical (unpaired) electrons. The lowest BCUT2D eigenvalue weighted by Crippen LogP contribution is -2.31. The van der Waals surface area contributed by atoms with E-state index in [9.17, 15) is 18.0 Å². The van der Waals surface area contributed by atoms with Crippen LogP contribution in [0.15, 0.2) is 12.4 Å². The Balaban J connectivity index is 2.64. The third-order valence-corrected chi connectivity index (χ3v) is 2.08. The van der Waals surface area contributed by atoms with Gasteiger partial charge in [0.05, 0.1) is 18.8 Å². The van der Waals surface area contributed by atoms with Crippen LogP contribution in [0.5, 0.6) is 0 Å². The van der Waals surface area contributed by atoms with Gasteiger partial charge in [-0.05, 0) is 0 Å². The number of carbonyl (C=O) groups is 1. The van der Waals surface area contributed by atoms with Gasteiger partial charge in [-0.2, -0.15) is 13.2 Å². The maximum atomic E-state index is 12.0. The van der Waals surface area contributed by atoms with Gasteiger partial charge in [0.2, 0.25) is 0 Å². The predicted molar refractivity (Wildman–Crippen MR) is 54.7 cm³/mol. The molecule has 0 aliphatic heterocycles. The van der Waals surface area contributed by atoms with E-state index in [1.54, 1.807) is 0 Å². The zero-order chi connectivity index (χ0) is 13.1. The molecule has 0 bridgehead atoms. The van der Waals surface area contributed by atoms with Crippen LogP contribution in [0.2, 0.25) is 5.15 Å². The van der Waals surface area contributed by atoms with E-state index in [0.29, 0.717) is 0 Å². The molecule has 8 heteroatoms. The average molecular weight is 268 g/mol. The van der Waals surface area contributed by atoms with Crippen molar-refractivity contribution in [2.45, 2.75) is 12.6 Å². The minimum absolute atomic E-state index is 0.0140. The first-order chi connectivity index (χ1) is 7.79. The van der Waals surface area contributed by atoms with Crippen LogP contribution in [-0.4, -0.2) is 40.5 Å². The van der Waals surface area contributed by atoms with Crippen molar-refractivity contribution >= 4 is 17.5 Å². The van der Waals surface area contributed by atoms with Gasteiger partial charge in [0.15, 0.2) is 0 Å². The number of rotatable bonds is 3. The highest BCUT2D eigenvalue weighted by Gasteiger charge is 2.28. The van der Waals surface area contributed by atoms with Crippen LogP contribution in [0.3, 0.4) is 0 Å². The molecule has 1 amide bonds. The highest BCUT2D eigenvalue weighted by Crippen LogP contribution is 2.19. The highest BCUT2D eigenvalue weighted by atomic mass is 35.5. The minimum atomic E-state index is -4.30. The summed E-state index contributed by atoms with van der Waals surface area (Å²) in [6.07, 6.45) is -2.98. The molecule has 0 N–H and O–H groups in total. The van der Waals surface area contributed by atoms with Crippen molar-refractivity contribution < 1.29 is 18.0 Å². The number of aromatic nitrogens is 2. The Morgan fingerprint density at radius 2 is 2.12 bits per heavy atom. The van der Waals surface area contributed by atoms with Gasteiger partial charge in [0, 0.05) is 13.6 Å². The third kappa shape index (κ3) is 4.56. The number of amides is 1. The Hall–Kier alpha value is -1.37. The molecule has 0 aliphatic carbocycles. The standard InChI is InChI=1S/C9H9ClF3N3O/c1-16(3-2-9(11,12)13)8(17)6-4-14-5-7(10)15-6/h4-5H,2-3H2,1H3. The number of nitrogens with zero attached hydrogens (tertiary/aromatic N) is 3. The Morgan fingerprint density at radius 3 is 2.65 bits per heavy atom. The molecular formula is C9H9ClF3N3O. The van der Waals surface area contributed by atoms with E-state index < -0.39 is 25.0 Å². The predicted octanol–water partition coefficient (Wildman–Crippen LogP) is 2.15. The van der Waals surface area contributed by atoms with Crippen LogP contribution in [0, 0.1) is 0 Å². The number of hydrogen-bond donors (Lipinski definition) is 0. The van der Waals surface area contributed by atoms with Crippen LogP contribution < -0.4 is 0 Å². The lowest BCUT2D eigenvalue weighted by atomic mass is 10.3. The van der Waals surface area contributed by atoms with Crippen LogP contribution >= 0.6 is 11.6 Å². The van der Waals surface area contributed by atoms with E-state index in [1.165, 1.54) is 13.2 Å². The lowest BCUT2D eigenvalue weighted by Gasteiger charge is -2.17. The molecule has 1 rings (SSSR count). The van der Waals surface area contributed by atoms with Crippen molar-refractivity contribution in [3.63, 3.8) is 0 Å². The van der Waals surface area contributed by atoms with Crippen molar-refractivity contribution in [3.05, 3.63) is 23.2 Å². The summed E-state index contributed by atoms with van der Waals surface area (Å²) in [5, 5.41) is 0.0140. The molecule has 17 heavy (non-hydrogen) atoms. The van der Waals surface area contributed by atoms with Gasteiger partial charge in [-0.1, -0.05) is 11.6 Å². The summed E-state index contributed by atoms with van der Waals surface area (Å²) in [7, 11) is 1.26. The van der Waals surface area contributed by atoms with Crippen LogP contribution in [0.1, 0.15) is 16.9 Å². The number of halogens is 4. The molecule has 0 saturated carbocycles. The van der Waals surface area contributed by atoms with Crippen molar-refractivity contribution in [2.24, 2.45) is 0 Å². The second-order valence-corrected chi connectivity index (χ2v) is 3.71. The van der Waals surface area contributed by atoms with Gasteiger partial charge in [0.25, 0.3) is 5.91 Å². The summed E-state index contributed by atoms with van der Waals surface area (Å²) in [5.74, 6) is -0.649. The lowest BCUT2D eigenvalue weighted by molar-refractivity contribution is -0.136. The van der Waals surface area contributed by atoms with Crippen LogP contribution in [0.25, 0.3) is 0 Å². The van der Waals surface area contributed by atoms with Crippen molar-refractivity contribution in [3.8, 4) is 0 Å². The number of alkyl halides is 3. The molecule has 94 valence electrons. The first-order valence-electron chi connectivity index (χ1n) is 4.59. The summed E-state index contributed by atoms with van der Waals surface area (Å²) in [5.41, 5.74) is -0.0813. The summed E-state index contributed by atoms with van der Waals surface area (Å²) < 4.78 is 35.9. The summed E-state index contributed by atoms with van der Waals surface area (Å²) >= 11 is 5.52. The summed E-state index contributed by atoms with van der Waals surface area (Å²) in [6, 6.07) is 0.